The van der Waals surface area contributed by atoms with Gasteiger partial charge in [-0.25, -0.2) is 9.48 Å². The predicted octanol–water partition coefficient (Wildman–Crippen LogP) is 0.627. The number of carboxylic acids is 1. The van der Waals surface area contributed by atoms with Gasteiger partial charge in [-0.15, -0.1) is 5.10 Å². The lowest BCUT2D eigenvalue weighted by atomic mass is 10.0. The fourth-order valence-electron chi connectivity index (χ4n) is 1.75. The van der Waals surface area contributed by atoms with E-state index in [1.54, 1.807) is 19.9 Å². The third-order valence-corrected chi connectivity index (χ3v) is 2.88. The SMILES string of the molecule is Cc1cc(NC(=O)Cn2cnnn2)cc(C(=O)O)c1C. The Balaban J connectivity index is 2.17. The summed E-state index contributed by atoms with van der Waals surface area (Å²) in [5, 5.41) is 22.2. The van der Waals surface area contributed by atoms with E-state index in [4.69, 9.17) is 5.11 Å². The lowest BCUT2D eigenvalue weighted by Gasteiger charge is -2.10. The van der Waals surface area contributed by atoms with Gasteiger partial charge in [0.1, 0.15) is 12.9 Å². The number of hydrogen-bond donors (Lipinski definition) is 2. The van der Waals surface area contributed by atoms with Crippen LogP contribution in [0.3, 0.4) is 0 Å². The predicted molar refractivity (Wildman–Crippen MR) is 69.3 cm³/mol. The average Bonchev–Trinajstić information content (AvgIpc) is 2.85. The summed E-state index contributed by atoms with van der Waals surface area (Å²) < 4.78 is 1.27. The normalized spacial score (nSPS) is 10.3. The van der Waals surface area contributed by atoms with Crippen LogP contribution in [0.5, 0.6) is 0 Å². The number of hydrogen-bond acceptors (Lipinski definition) is 5. The third-order valence-electron chi connectivity index (χ3n) is 2.88. The number of aromatic carboxylic acids is 1. The van der Waals surface area contributed by atoms with Crippen molar-refractivity contribution in [3.05, 3.63) is 35.2 Å². The second-order valence-corrected chi connectivity index (χ2v) is 4.33. The molecule has 1 amide bonds. The first-order valence-corrected chi connectivity index (χ1v) is 5.82. The van der Waals surface area contributed by atoms with Gasteiger partial charge in [0.2, 0.25) is 5.91 Å². The number of nitrogens with one attached hydrogen (secondary N) is 1. The Bertz CT molecular complexity index is 651. The number of rotatable bonds is 4. The number of anilines is 1. The maximum Gasteiger partial charge on any atom is 0.336 e. The van der Waals surface area contributed by atoms with Crippen LogP contribution in [0.15, 0.2) is 18.5 Å². The summed E-state index contributed by atoms with van der Waals surface area (Å²) in [6, 6.07) is 3.15. The van der Waals surface area contributed by atoms with Crippen LogP contribution in [0.2, 0.25) is 0 Å². The highest BCUT2D eigenvalue weighted by Crippen LogP contribution is 2.20. The summed E-state index contributed by atoms with van der Waals surface area (Å²) in [7, 11) is 0. The number of carboxylic acid groups (broad SMARTS) is 1. The smallest absolute Gasteiger partial charge is 0.336 e. The Hall–Kier alpha value is -2.77. The van der Waals surface area contributed by atoms with E-state index in [-0.39, 0.29) is 18.0 Å². The van der Waals surface area contributed by atoms with Gasteiger partial charge in [-0.3, -0.25) is 4.79 Å². The molecule has 0 atom stereocenters. The largest absolute Gasteiger partial charge is 0.478 e. The van der Waals surface area contributed by atoms with E-state index in [0.29, 0.717) is 11.3 Å². The quantitative estimate of drug-likeness (QED) is 0.846. The second-order valence-electron chi connectivity index (χ2n) is 4.33. The van der Waals surface area contributed by atoms with Gasteiger partial charge in [-0.1, -0.05) is 0 Å². The van der Waals surface area contributed by atoms with Crippen LogP contribution < -0.4 is 5.32 Å². The highest BCUT2D eigenvalue weighted by molar-refractivity contribution is 5.95. The molecule has 0 aliphatic heterocycles. The molecule has 8 heteroatoms. The molecule has 0 saturated carbocycles. The van der Waals surface area contributed by atoms with Crippen molar-refractivity contribution in [2.45, 2.75) is 20.4 Å². The number of tetrazole rings is 1. The number of nitrogens with zero attached hydrogens (tertiary/aromatic N) is 4. The van der Waals surface area contributed by atoms with Gasteiger partial charge in [0.25, 0.3) is 0 Å². The average molecular weight is 275 g/mol. The molecule has 0 unspecified atom stereocenters. The van der Waals surface area contributed by atoms with Crippen molar-refractivity contribution in [1.82, 2.24) is 20.2 Å². The summed E-state index contributed by atoms with van der Waals surface area (Å²) in [5.74, 6) is -1.36. The van der Waals surface area contributed by atoms with Crippen molar-refractivity contribution in [1.29, 1.82) is 0 Å². The zero-order valence-electron chi connectivity index (χ0n) is 11.0. The van der Waals surface area contributed by atoms with Crippen molar-refractivity contribution < 1.29 is 14.7 Å². The Morgan fingerprint density at radius 3 is 2.70 bits per heavy atom. The number of benzene rings is 1. The lowest BCUT2D eigenvalue weighted by Crippen LogP contribution is -2.19. The molecule has 2 rings (SSSR count). The number of carbonyl (C=O) groups excluding carboxylic acids is 1. The monoisotopic (exact) mass is 275 g/mol. The van der Waals surface area contributed by atoms with E-state index in [0.717, 1.165) is 5.56 Å². The van der Waals surface area contributed by atoms with Crippen LogP contribution in [0, 0.1) is 13.8 Å². The van der Waals surface area contributed by atoms with Crippen molar-refractivity contribution in [3.8, 4) is 0 Å². The maximum atomic E-state index is 11.8. The fraction of sp³-hybridized carbons (Fsp3) is 0.250. The van der Waals surface area contributed by atoms with Crippen LogP contribution in [-0.2, 0) is 11.3 Å². The topological polar surface area (TPSA) is 110 Å². The van der Waals surface area contributed by atoms with Crippen molar-refractivity contribution in [2.24, 2.45) is 0 Å². The van der Waals surface area contributed by atoms with E-state index < -0.39 is 5.97 Å². The van der Waals surface area contributed by atoms with Gasteiger partial charge in [-0.2, -0.15) is 0 Å². The first-order chi connectivity index (χ1) is 9.47. The van der Waals surface area contributed by atoms with E-state index in [2.05, 4.69) is 20.8 Å². The molecular weight excluding hydrogens is 262 g/mol. The molecule has 8 nitrogen and oxygen atoms in total. The minimum absolute atomic E-state index is 0.0394. The Kier molecular flexibility index (Phi) is 3.74. The van der Waals surface area contributed by atoms with Crippen LogP contribution >= 0.6 is 0 Å². The minimum Gasteiger partial charge on any atom is -0.478 e. The zero-order chi connectivity index (χ0) is 14.7. The number of carbonyl (C=O) groups is 2. The standard InChI is InChI=1S/C12H13N5O3/c1-7-3-9(4-10(8(7)2)12(19)20)14-11(18)5-17-6-13-15-16-17/h3-4,6H,5H2,1-2H3,(H,14,18)(H,19,20). The highest BCUT2D eigenvalue weighted by atomic mass is 16.4. The van der Waals surface area contributed by atoms with Crippen LogP contribution in [0.25, 0.3) is 0 Å². The minimum atomic E-state index is -1.03. The zero-order valence-corrected chi connectivity index (χ0v) is 11.0. The molecule has 0 aliphatic rings. The van der Waals surface area contributed by atoms with Crippen LogP contribution in [-0.4, -0.2) is 37.2 Å². The van der Waals surface area contributed by atoms with Crippen molar-refractivity contribution >= 4 is 17.6 Å². The van der Waals surface area contributed by atoms with Gasteiger partial charge < -0.3 is 10.4 Å². The molecule has 0 aliphatic carbocycles. The van der Waals surface area contributed by atoms with E-state index in [1.807, 2.05) is 0 Å². The van der Waals surface area contributed by atoms with Crippen molar-refractivity contribution in [2.75, 3.05) is 5.32 Å². The van der Waals surface area contributed by atoms with E-state index in [1.165, 1.54) is 17.1 Å². The van der Waals surface area contributed by atoms with E-state index in [9.17, 15) is 9.59 Å². The van der Waals surface area contributed by atoms with Gasteiger partial charge in [0.15, 0.2) is 0 Å². The highest BCUT2D eigenvalue weighted by Gasteiger charge is 2.12. The molecule has 104 valence electrons. The molecule has 0 saturated heterocycles. The summed E-state index contributed by atoms with van der Waals surface area (Å²) in [6.07, 6.45) is 1.32. The summed E-state index contributed by atoms with van der Waals surface area (Å²) >= 11 is 0. The second kappa shape index (κ2) is 5.47. The molecule has 2 N–H and O–H groups in total. The van der Waals surface area contributed by atoms with Gasteiger partial charge in [-0.05, 0) is 47.5 Å². The summed E-state index contributed by atoms with van der Waals surface area (Å²) in [6.45, 7) is 3.48. The summed E-state index contributed by atoms with van der Waals surface area (Å²) in [5.41, 5.74) is 2.07. The Morgan fingerprint density at radius 1 is 1.35 bits per heavy atom. The Morgan fingerprint density at radius 2 is 2.10 bits per heavy atom. The van der Waals surface area contributed by atoms with E-state index >= 15 is 0 Å². The summed E-state index contributed by atoms with van der Waals surface area (Å²) in [4.78, 5) is 22.9. The molecule has 0 fully saturated rings. The number of aromatic nitrogens is 4. The number of aryl methyl sites for hydroxylation is 1. The third kappa shape index (κ3) is 2.97. The molecule has 20 heavy (non-hydrogen) atoms. The van der Waals surface area contributed by atoms with Crippen molar-refractivity contribution in [3.63, 3.8) is 0 Å². The molecular formula is C12H13N5O3. The molecule has 0 bridgehead atoms. The lowest BCUT2D eigenvalue weighted by molar-refractivity contribution is -0.116. The maximum absolute atomic E-state index is 11.8. The van der Waals surface area contributed by atoms with Gasteiger partial charge in [0.05, 0.1) is 5.56 Å². The van der Waals surface area contributed by atoms with Crippen LogP contribution in [0.4, 0.5) is 5.69 Å². The molecule has 0 spiro atoms. The fourth-order valence-corrected chi connectivity index (χ4v) is 1.75. The van der Waals surface area contributed by atoms with Crippen LogP contribution in [0.1, 0.15) is 21.5 Å². The molecule has 2 aromatic rings. The molecule has 0 radical (unpaired) electrons. The first-order valence-electron chi connectivity index (χ1n) is 5.82. The molecule has 1 aromatic heterocycles. The first kappa shape index (κ1) is 13.7. The van der Waals surface area contributed by atoms with Gasteiger partial charge in [0, 0.05) is 5.69 Å². The molecule has 1 heterocycles. The van der Waals surface area contributed by atoms with Gasteiger partial charge >= 0.3 is 5.97 Å². The molecule has 1 aromatic carbocycles. The Labute approximate surface area is 114 Å². The number of amides is 1.